The minimum Gasteiger partial charge on any atom is -0.492 e. The third-order valence-electron chi connectivity index (χ3n) is 7.00. The zero-order chi connectivity index (χ0) is 26.1. The Labute approximate surface area is 215 Å². The highest BCUT2D eigenvalue weighted by Gasteiger charge is 2.32. The normalized spacial score (nSPS) is 13.8. The summed E-state index contributed by atoms with van der Waals surface area (Å²) in [5.41, 5.74) is 6.76. The van der Waals surface area contributed by atoms with Gasteiger partial charge in [0.25, 0.3) is 5.91 Å². The van der Waals surface area contributed by atoms with Crippen molar-refractivity contribution in [1.82, 2.24) is 29.6 Å². The van der Waals surface area contributed by atoms with Gasteiger partial charge in [-0.2, -0.15) is 10.4 Å². The van der Waals surface area contributed by atoms with Crippen LogP contribution in [-0.4, -0.2) is 48.7 Å². The van der Waals surface area contributed by atoms with E-state index < -0.39 is 0 Å². The molecule has 1 aliphatic rings. The summed E-state index contributed by atoms with van der Waals surface area (Å²) < 4.78 is 7.72. The quantitative estimate of drug-likeness (QED) is 0.408. The Morgan fingerprint density at radius 3 is 2.68 bits per heavy atom. The highest BCUT2D eigenvalue weighted by Crippen LogP contribution is 2.36. The molecular formula is C28H29N7O2. The van der Waals surface area contributed by atoms with Gasteiger partial charge in [0.1, 0.15) is 23.2 Å². The zero-order valence-electron chi connectivity index (χ0n) is 21.4. The average molecular weight is 496 g/mol. The first-order valence-electron chi connectivity index (χ1n) is 12.4. The minimum atomic E-state index is -0.286. The van der Waals surface area contributed by atoms with Crippen LogP contribution in [0, 0.1) is 25.2 Å². The van der Waals surface area contributed by atoms with Crippen molar-refractivity contribution in [3.05, 3.63) is 82.5 Å². The van der Waals surface area contributed by atoms with Crippen LogP contribution in [0.3, 0.4) is 0 Å². The van der Waals surface area contributed by atoms with E-state index in [0.29, 0.717) is 48.7 Å². The monoisotopic (exact) mass is 495 g/mol. The van der Waals surface area contributed by atoms with Crippen molar-refractivity contribution in [2.45, 2.75) is 46.7 Å². The molecule has 0 aliphatic carbocycles. The van der Waals surface area contributed by atoms with E-state index in [1.807, 2.05) is 51.1 Å². The standard InChI is InChI=1S/C28H29N7O2/c1-5-37-27-12-26(31-14-21(27)13-29)18(3)35-8-6-22-23(25-15-32-33-17(25)2)10-20(11-24(22)28(35)36)16-34-9-7-30-19(34)4/h7,9-12,14-15,18H,5-6,8,16H2,1-4H3,(H,32,33). The summed E-state index contributed by atoms with van der Waals surface area (Å²) in [4.78, 5) is 24.6. The molecule has 1 amide bonds. The number of pyridine rings is 1. The highest BCUT2D eigenvalue weighted by atomic mass is 16.5. The maximum absolute atomic E-state index is 14.0. The van der Waals surface area contributed by atoms with Gasteiger partial charge in [-0.1, -0.05) is 0 Å². The van der Waals surface area contributed by atoms with Gasteiger partial charge in [0.2, 0.25) is 0 Å². The number of amides is 1. The molecule has 9 heteroatoms. The fraction of sp³-hybridized carbons (Fsp3) is 0.321. The maximum atomic E-state index is 14.0. The molecule has 0 fully saturated rings. The number of imidazole rings is 1. The number of H-pyrrole nitrogens is 1. The minimum absolute atomic E-state index is 0.0375. The van der Waals surface area contributed by atoms with Crippen LogP contribution in [0.1, 0.15) is 64.1 Å². The van der Waals surface area contributed by atoms with Crippen LogP contribution in [0.15, 0.2) is 43.0 Å². The van der Waals surface area contributed by atoms with E-state index >= 15 is 0 Å². The second-order valence-corrected chi connectivity index (χ2v) is 9.23. The van der Waals surface area contributed by atoms with Crippen molar-refractivity contribution in [3.63, 3.8) is 0 Å². The van der Waals surface area contributed by atoms with E-state index in [9.17, 15) is 10.1 Å². The van der Waals surface area contributed by atoms with E-state index in [2.05, 4.69) is 36.9 Å². The van der Waals surface area contributed by atoms with Gasteiger partial charge < -0.3 is 14.2 Å². The number of hydrogen-bond acceptors (Lipinski definition) is 6. The molecule has 0 radical (unpaired) electrons. The van der Waals surface area contributed by atoms with E-state index in [1.54, 1.807) is 12.3 Å². The van der Waals surface area contributed by atoms with E-state index in [0.717, 1.165) is 33.8 Å². The first-order chi connectivity index (χ1) is 17.9. The summed E-state index contributed by atoms with van der Waals surface area (Å²) in [6, 6.07) is 7.78. The highest BCUT2D eigenvalue weighted by molar-refractivity contribution is 5.99. The number of hydrogen-bond donors (Lipinski definition) is 1. The molecule has 4 heterocycles. The molecule has 3 aromatic heterocycles. The molecule has 5 rings (SSSR count). The van der Waals surface area contributed by atoms with Crippen LogP contribution < -0.4 is 4.74 Å². The molecule has 0 spiro atoms. The molecule has 0 saturated heterocycles. The average Bonchev–Trinajstić information content (AvgIpc) is 3.51. The van der Waals surface area contributed by atoms with Gasteiger partial charge in [-0.15, -0.1) is 0 Å². The zero-order valence-corrected chi connectivity index (χ0v) is 21.4. The Kier molecular flexibility index (Phi) is 6.49. The molecule has 1 aromatic carbocycles. The van der Waals surface area contributed by atoms with Crippen LogP contribution in [0.2, 0.25) is 0 Å². The number of benzene rings is 1. The number of nitrogens with zero attached hydrogens (tertiary/aromatic N) is 6. The molecule has 0 bridgehead atoms. The number of nitriles is 1. The van der Waals surface area contributed by atoms with Gasteiger partial charge in [-0.25, -0.2) is 4.98 Å². The van der Waals surface area contributed by atoms with E-state index in [1.165, 1.54) is 6.20 Å². The predicted molar refractivity (Wildman–Crippen MR) is 138 cm³/mol. The van der Waals surface area contributed by atoms with Gasteiger partial charge >= 0.3 is 0 Å². The van der Waals surface area contributed by atoms with Crippen molar-refractivity contribution < 1.29 is 9.53 Å². The molecule has 0 saturated carbocycles. The Hall–Kier alpha value is -4.45. The summed E-state index contributed by atoms with van der Waals surface area (Å²) in [5, 5.41) is 16.7. The number of ether oxygens (including phenoxy) is 1. The van der Waals surface area contributed by atoms with Crippen LogP contribution in [0.4, 0.5) is 0 Å². The summed E-state index contributed by atoms with van der Waals surface area (Å²) >= 11 is 0. The molecular weight excluding hydrogens is 466 g/mol. The number of fused-ring (bicyclic) bond motifs is 1. The van der Waals surface area contributed by atoms with Gasteiger partial charge in [0.05, 0.1) is 24.0 Å². The van der Waals surface area contributed by atoms with Crippen LogP contribution in [-0.2, 0) is 13.0 Å². The van der Waals surface area contributed by atoms with Crippen molar-refractivity contribution in [2.24, 2.45) is 0 Å². The van der Waals surface area contributed by atoms with E-state index in [4.69, 9.17) is 4.74 Å². The first-order valence-corrected chi connectivity index (χ1v) is 12.4. The van der Waals surface area contributed by atoms with E-state index in [-0.39, 0.29) is 11.9 Å². The molecule has 188 valence electrons. The second kappa shape index (κ2) is 9.90. The Morgan fingerprint density at radius 2 is 2.00 bits per heavy atom. The Balaban J connectivity index is 1.54. The van der Waals surface area contributed by atoms with Gasteiger partial charge in [0, 0.05) is 55.1 Å². The largest absolute Gasteiger partial charge is 0.492 e. The molecule has 1 unspecified atom stereocenters. The van der Waals surface area contributed by atoms with Crippen LogP contribution in [0.5, 0.6) is 5.75 Å². The second-order valence-electron chi connectivity index (χ2n) is 9.23. The molecule has 1 atom stereocenters. The van der Waals surface area contributed by atoms with Crippen molar-refractivity contribution in [1.29, 1.82) is 5.26 Å². The lowest BCUT2D eigenvalue weighted by molar-refractivity contribution is 0.0669. The lowest BCUT2D eigenvalue weighted by atomic mass is 9.87. The number of aromatic nitrogens is 5. The number of aromatic amines is 1. The van der Waals surface area contributed by atoms with Crippen molar-refractivity contribution in [3.8, 4) is 22.9 Å². The predicted octanol–water partition coefficient (Wildman–Crippen LogP) is 4.36. The lowest BCUT2D eigenvalue weighted by Crippen LogP contribution is -2.40. The van der Waals surface area contributed by atoms with Crippen molar-refractivity contribution >= 4 is 5.91 Å². The fourth-order valence-electron chi connectivity index (χ4n) is 4.98. The molecule has 4 aromatic rings. The summed E-state index contributed by atoms with van der Waals surface area (Å²) in [5.74, 6) is 1.37. The lowest BCUT2D eigenvalue weighted by Gasteiger charge is -2.34. The molecule has 1 N–H and O–H groups in total. The summed E-state index contributed by atoms with van der Waals surface area (Å²) in [6.07, 6.45) is 7.85. The van der Waals surface area contributed by atoms with Crippen LogP contribution >= 0.6 is 0 Å². The number of carbonyl (C=O) groups is 1. The summed E-state index contributed by atoms with van der Waals surface area (Å²) in [6.45, 7) is 9.39. The molecule has 9 nitrogen and oxygen atoms in total. The number of nitrogens with one attached hydrogen (secondary N) is 1. The maximum Gasteiger partial charge on any atom is 0.254 e. The molecule has 1 aliphatic heterocycles. The number of aryl methyl sites for hydroxylation is 2. The number of carbonyl (C=O) groups excluding carboxylic acids is 1. The topological polar surface area (TPSA) is 113 Å². The summed E-state index contributed by atoms with van der Waals surface area (Å²) in [7, 11) is 0. The Bertz CT molecular complexity index is 1510. The fourth-order valence-corrected chi connectivity index (χ4v) is 4.98. The SMILES string of the molecule is CCOc1cc(C(C)N2CCc3c(cc(Cn4ccnc4C)cc3-c3c[nH]nc3C)C2=O)ncc1C#N. The smallest absolute Gasteiger partial charge is 0.254 e. The third-order valence-corrected chi connectivity index (χ3v) is 7.00. The van der Waals surface area contributed by atoms with Gasteiger partial charge in [-0.05, 0) is 62.9 Å². The Morgan fingerprint density at radius 1 is 1.19 bits per heavy atom. The third kappa shape index (κ3) is 4.47. The van der Waals surface area contributed by atoms with Gasteiger partial charge in [-0.3, -0.25) is 14.9 Å². The van der Waals surface area contributed by atoms with Crippen molar-refractivity contribution in [2.75, 3.05) is 13.2 Å². The van der Waals surface area contributed by atoms with Crippen LogP contribution in [0.25, 0.3) is 11.1 Å². The van der Waals surface area contributed by atoms with Gasteiger partial charge in [0.15, 0.2) is 0 Å². The first kappa shape index (κ1) is 24.3. The number of rotatable bonds is 7. The molecule has 37 heavy (non-hydrogen) atoms.